The fourth-order valence-corrected chi connectivity index (χ4v) is 2.31. The number of ether oxygens (including phenoxy) is 1. The molecule has 1 amide bonds. The van der Waals surface area contributed by atoms with Gasteiger partial charge in [-0.1, -0.05) is 17.7 Å². The first kappa shape index (κ1) is 13.9. The number of rotatable bonds is 4. The zero-order chi connectivity index (χ0) is 13.7. The third-order valence-electron chi connectivity index (χ3n) is 3.57. The number of likely N-dealkylation sites (tertiary alicyclic amines) is 1. The zero-order valence-electron chi connectivity index (χ0n) is 11.7. The number of piperidine rings is 1. The molecule has 1 aliphatic rings. The van der Waals surface area contributed by atoms with Crippen molar-refractivity contribution in [3.8, 4) is 5.75 Å². The maximum atomic E-state index is 12.1. The highest BCUT2D eigenvalue weighted by molar-refractivity contribution is 5.77. The van der Waals surface area contributed by atoms with Crippen LogP contribution in [-0.4, -0.2) is 43.6 Å². The summed E-state index contributed by atoms with van der Waals surface area (Å²) in [6.45, 7) is 3.78. The molecule has 1 saturated heterocycles. The molecule has 1 heterocycles. The molecule has 1 atom stereocenters. The van der Waals surface area contributed by atoms with Crippen LogP contribution in [0.4, 0.5) is 0 Å². The lowest BCUT2D eigenvalue weighted by molar-refractivity contribution is -0.134. The van der Waals surface area contributed by atoms with Gasteiger partial charge in [0, 0.05) is 19.1 Å². The first-order valence-corrected chi connectivity index (χ1v) is 6.83. The van der Waals surface area contributed by atoms with Crippen molar-refractivity contribution < 1.29 is 9.53 Å². The molecule has 0 aliphatic carbocycles. The Labute approximate surface area is 114 Å². The number of likely N-dealkylation sites (N-methyl/N-ethyl adjacent to an activating group) is 1. The van der Waals surface area contributed by atoms with Crippen molar-refractivity contribution in [2.24, 2.45) is 0 Å². The molecule has 2 rings (SSSR count). The average Bonchev–Trinajstić information content (AvgIpc) is 2.46. The Morgan fingerprint density at radius 3 is 2.84 bits per heavy atom. The SMILES string of the molecule is CN[C@H]1CCCN(C(=O)COc2ccc(C)cc2)C1. The molecule has 0 bridgehead atoms. The number of hydrogen-bond acceptors (Lipinski definition) is 3. The third kappa shape index (κ3) is 3.96. The van der Waals surface area contributed by atoms with Gasteiger partial charge in [0.1, 0.15) is 5.75 Å². The van der Waals surface area contributed by atoms with Gasteiger partial charge in [-0.15, -0.1) is 0 Å². The maximum Gasteiger partial charge on any atom is 0.260 e. The molecule has 1 N–H and O–H groups in total. The minimum absolute atomic E-state index is 0.0699. The minimum atomic E-state index is 0.0699. The number of carbonyl (C=O) groups excluding carboxylic acids is 1. The van der Waals surface area contributed by atoms with Crippen molar-refractivity contribution in [2.45, 2.75) is 25.8 Å². The van der Waals surface area contributed by atoms with E-state index in [1.165, 1.54) is 5.56 Å². The van der Waals surface area contributed by atoms with Crippen LogP contribution in [0.3, 0.4) is 0 Å². The molecule has 0 aromatic heterocycles. The van der Waals surface area contributed by atoms with Crippen molar-refractivity contribution in [3.05, 3.63) is 29.8 Å². The first-order valence-electron chi connectivity index (χ1n) is 6.83. The second-order valence-corrected chi connectivity index (χ2v) is 5.07. The summed E-state index contributed by atoms with van der Waals surface area (Å²) in [4.78, 5) is 14.0. The predicted molar refractivity (Wildman–Crippen MR) is 75.3 cm³/mol. The Bertz CT molecular complexity index is 417. The summed E-state index contributed by atoms with van der Waals surface area (Å²) in [7, 11) is 1.95. The molecule has 4 heteroatoms. The quantitative estimate of drug-likeness (QED) is 0.896. The summed E-state index contributed by atoms with van der Waals surface area (Å²) < 4.78 is 5.53. The van der Waals surface area contributed by atoms with E-state index >= 15 is 0 Å². The highest BCUT2D eigenvalue weighted by Gasteiger charge is 2.22. The lowest BCUT2D eigenvalue weighted by Crippen LogP contribution is -2.48. The standard InChI is InChI=1S/C15H22N2O2/c1-12-5-7-14(8-6-12)19-11-15(18)17-9-3-4-13(10-17)16-2/h5-8,13,16H,3-4,9-11H2,1-2H3/t13-/m0/s1. The molecule has 0 radical (unpaired) electrons. The van der Waals surface area contributed by atoms with Gasteiger partial charge in [-0.3, -0.25) is 4.79 Å². The Balaban J connectivity index is 1.82. The van der Waals surface area contributed by atoms with Gasteiger partial charge in [-0.2, -0.15) is 0 Å². The van der Waals surface area contributed by atoms with Crippen molar-refractivity contribution in [3.63, 3.8) is 0 Å². The second kappa shape index (κ2) is 6.57. The van der Waals surface area contributed by atoms with E-state index in [4.69, 9.17) is 4.74 Å². The summed E-state index contributed by atoms with van der Waals surface area (Å²) in [6, 6.07) is 8.18. The molecule has 104 valence electrons. The van der Waals surface area contributed by atoms with Gasteiger partial charge >= 0.3 is 0 Å². The van der Waals surface area contributed by atoms with E-state index in [1.807, 2.05) is 43.1 Å². The predicted octanol–water partition coefficient (Wildman–Crippen LogP) is 1.58. The molecular formula is C15H22N2O2. The minimum Gasteiger partial charge on any atom is -0.484 e. The molecule has 0 saturated carbocycles. The summed E-state index contributed by atoms with van der Waals surface area (Å²) >= 11 is 0. The van der Waals surface area contributed by atoms with E-state index in [0.29, 0.717) is 6.04 Å². The van der Waals surface area contributed by atoms with Crippen molar-refractivity contribution in [1.29, 1.82) is 0 Å². The van der Waals surface area contributed by atoms with E-state index < -0.39 is 0 Å². The highest BCUT2D eigenvalue weighted by Crippen LogP contribution is 2.13. The first-order chi connectivity index (χ1) is 9.19. The number of aryl methyl sites for hydroxylation is 1. The summed E-state index contributed by atoms with van der Waals surface area (Å²) in [5, 5.41) is 3.23. The molecule has 19 heavy (non-hydrogen) atoms. The molecule has 1 aromatic rings. The Morgan fingerprint density at radius 2 is 2.16 bits per heavy atom. The van der Waals surface area contributed by atoms with Crippen molar-refractivity contribution in [2.75, 3.05) is 26.7 Å². The van der Waals surface area contributed by atoms with Crippen LogP contribution in [0.25, 0.3) is 0 Å². The number of hydrogen-bond donors (Lipinski definition) is 1. The fraction of sp³-hybridized carbons (Fsp3) is 0.533. The normalized spacial score (nSPS) is 19.3. The van der Waals surface area contributed by atoms with E-state index in [-0.39, 0.29) is 12.5 Å². The van der Waals surface area contributed by atoms with Crippen LogP contribution in [-0.2, 0) is 4.79 Å². The molecule has 4 nitrogen and oxygen atoms in total. The Morgan fingerprint density at radius 1 is 1.42 bits per heavy atom. The topological polar surface area (TPSA) is 41.6 Å². The number of nitrogens with one attached hydrogen (secondary N) is 1. The van der Waals surface area contributed by atoms with E-state index in [1.54, 1.807) is 0 Å². The number of amides is 1. The zero-order valence-corrected chi connectivity index (χ0v) is 11.7. The van der Waals surface area contributed by atoms with Crippen LogP contribution in [0.15, 0.2) is 24.3 Å². The second-order valence-electron chi connectivity index (χ2n) is 5.07. The maximum absolute atomic E-state index is 12.1. The average molecular weight is 262 g/mol. The summed E-state index contributed by atoms with van der Waals surface area (Å²) in [6.07, 6.45) is 2.20. The van der Waals surface area contributed by atoms with Crippen LogP contribution >= 0.6 is 0 Å². The monoisotopic (exact) mass is 262 g/mol. The van der Waals surface area contributed by atoms with Crippen molar-refractivity contribution >= 4 is 5.91 Å². The lowest BCUT2D eigenvalue weighted by Gasteiger charge is -2.32. The smallest absolute Gasteiger partial charge is 0.260 e. The molecule has 1 aliphatic heterocycles. The van der Waals surface area contributed by atoms with Gasteiger partial charge in [0.25, 0.3) is 5.91 Å². The largest absolute Gasteiger partial charge is 0.484 e. The Kier molecular flexibility index (Phi) is 4.80. The van der Waals surface area contributed by atoms with Crippen LogP contribution in [0.2, 0.25) is 0 Å². The molecule has 0 unspecified atom stereocenters. The molecule has 1 aromatic carbocycles. The number of nitrogens with zero attached hydrogens (tertiary/aromatic N) is 1. The highest BCUT2D eigenvalue weighted by atomic mass is 16.5. The number of benzene rings is 1. The van der Waals surface area contributed by atoms with Crippen molar-refractivity contribution in [1.82, 2.24) is 10.2 Å². The summed E-state index contributed by atoms with van der Waals surface area (Å²) in [5.41, 5.74) is 1.19. The van der Waals surface area contributed by atoms with Crippen LogP contribution in [0.5, 0.6) is 5.75 Å². The summed E-state index contributed by atoms with van der Waals surface area (Å²) in [5.74, 6) is 0.821. The van der Waals surface area contributed by atoms with Gasteiger partial charge in [0.2, 0.25) is 0 Å². The van der Waals surface area contributed by atoms with Gasteiger partial charge in [-0.25, -0.2) is 0 Å². The van der Waals surface area contributed by atoms with Crippen LogP contribution in [0.1, 0.15) is 18.4 Å². The molecule has 0 spiro atoms. The molecule has 1 fully saturated rings. The number of carbonyl (C=O) groups is 1. The van der Waals surface area contributed by atoms with Gasteiger partial charge in [0.05, 0.1) is 0 Å². The van der Waals surface area contributed by atoms with Crippen LogP contribution < -0.4 is 10.1 Å². The molecular weight excluding hydrogens is 240 g/mol. The van der Waals surface area contributed by atoms with Gasteiger partial charge in [0.15, 0.2) is 6.61 Å². The fourth-order valence-electron chi connectivity index (χ4n) is 2.31. The third-order valence-corrected chi connectivity index (χ3v) is 3.57. The van der Waals surface area contributed by atoms with E-state index in [9.17, 15) is 4.79 Å². The lowest BCUT2D eigenvalue weighted by atomic mass is 10.1. The van der Waals surface area contributed by atoms with Crippen LogP contribution in [0, 0.1) is 6.92 Å². The van der Waals surface area contributed by atoms with Gasteiger partial charge < -0.3 is 15.0 Å². The van der Waals surface area contributed by atoms with E-state index in [0.717, 1.165) is 31.7 Å². The van der Waals surface area contributed by atoms with E-state index in [2.05, 4.69) is 5.32 Å². The van der Waals surface area contributed by atoms with Gasteiger partial charge in [-0.05, 0) is 38.9 Å². The Hall–Kier alpha value is -1.55.